The highest BCUT2D eigenvalue weighted by Gasteiger charge is 2.17. The summed E-state index contributed by atoms with van der Waals surface area (Å²) >= 11 is 0. The predicted molar refractivity (Wildman–Crippen MR) is 73.8 cm³/mol. The van der Waals surface area contributed by atoms with Crippen molar-refractivity contribution in [2.75, 3.05) is 18.2 Å². The summed E-state index contributed by atoms with van der Waals surface area (Å²) in [6.45, 7) is 1.39. The molecule has 0 aromatic heterocycles. The Kier molecular flexibility index (Phi) is 9.39. The standard InChI is InChI=1S/C9H17N3O5S2/c1-5(13)11-4-12-7(9(16)17)3-19-18-2-6(10)8(14)15/h6-7,12H,2-4,10H2,1H3,(H,11,13)(H,14,15)(H,16,17)/t6?,7-/m0/s1. The molecule has 0 aliphatic heterocycles. The smallest absolute Gasteiger partial charge is 0.321 e. The van der Waals surface area contributed by atoms with Gasteiger partial charge < -0.3 is 21.3 Å². The Bertz CT molecular complexity index is 329. The quantitative estimate of drug-likeness (QED) is 0.193. The number of carbonyl (C=O) groups excluding carboxylic acids is 1. The molecule has 0 bridgehead atoms. The van der Waals surface area contributed by atoms with E-state index in [0.717, 1.165) is 0 Å². The van der Waals surface area contributed by atoms with Crippen molar-refractivity contribution in [3.8, 4) is 0 Å². The first kappa shape index (κ1) is 18.0. The minimum absolute atomic E-state index is 0.0617. The summed E-state index contributed by atoms with van der Waals surface area (Å²) < 4.78 is 0. The Labute approximate surface area is 118 Å². The van der Waals surface area contributed by atoms with E-state index >= 15 is 0 Å². The van der Waals surface area contributed by atoms with Gasteiger partial charge in [-0.05, 0) is 0 Å². The van der Waals surface area contributed by atoms with Crippen molar-refractivity contribution in [2.24, 2.45) is 5.73 Å². The highest BCUT2D eigenvalue weighted by atomic mass is 33.1. The lowest BCUT2D eigenvalue weighted by Gasteiger charge is -2.14. The molecule has 0 aromatic rings. The molecular weight excluding hydrogens is 294 g/mol. The molecule has 0 saturated carbocycles. The summed E-state index contributed by atoms with van der Waals surface area (Å²) in [7, 11) is 2.41. The number of amides is 1. The van der Waals surface area contributed by atoms with Crippen LogP contribution in [0.15, 0.2) is 0 Å². The molecule has 0 aromatic carbocycles. The summed E-state index contributed by atoms with van der Waals surface area (Å²) in [4.78, 5) is 32.0. The molecule has 0 radical (unpaired) electrons. The first-order valence-corrected chi connectivity index (χ1v) is 7.76. The highest BCUT2D eigenvalue weighted by Crippen LogP contribution is 2.22. The molecule has 19 heavy (non-hydrogen) atoms. The first-order chi connectivity index (χ1) is 8.84. The molecule has 110 valence electrons. The van der Waals surface area contributed by atoms with E-state index in [0.29, 0.717) is 0 Å². The molecule has 1 amide bonds. The molecule has 0 heterocycles. The average molecular weight is 311 g/mol. The van der Waals surface area contributed by atoms with Crippen LogP contribution in [-0.2, 0) is 14.4 Å². The van der Waals surface area contributed by atoms with Crippen LogP contribution < -0.4 is 16.4 Å². The van der Waals surface area contributed by atoms with Gasteiger partial charge in [-0.25, -0.2) is 0 Å². The average Bonchev–Trinajstić information content (AvgIpc) is 2.30. The van der Waals surface area contributed by atoms with Gasteiger partial charge in [0.15, 0.2) is 0 Å². The molecule has 6 N–H and O–H groups in total. The Morgan fingerprint density at radius 3 is 2.21 bits per heavy atom. The minimum Gasteiger partial charge on any atom is -0.480 e. The van der Waals surface area contributed by atoms with Gasteiger partial charge in [0.1, 0.15) is 12.1 Å². The van der Waals surface area contributed by atoms with Crippen LogP contribution in [0.1, 0.15) is 6.92 Å². The van der Waals surface area contributed by atoms with Crippen LogP contribution in [0.5, 0.6) is 0 Å². The number of hydrogen-bond acceptors (Lipinski definition) is 7. The number of carbonyl (C=O) groups is 3. The molecule has 0 rings (SSSR count). The summed E-state index contributed by atoms with van der Waals surface area (Å²) in [6.07, 6.45) is 0. The topological polar surface area (TPSA) is 142 Å². The summed E-state index contributed by atoms with van der Waals surface area (Å²) in [5.74, 6) is -1.97. The fourth-order valence-electron chi connectivity index (χ4n) is 0.825. The van der Waals surface area contributed by atoms with Gasteiger partial charge in [0.2, 0.25) is 5.91 Å². The largest absolute Gasteiger partial charge is 0.480 e. The van der Waals surface area contributed by atoms with Crippen LogP contribution in [0.25, 0.3) is 0 Å². The highest BCUT2D eigenvalue weighted by molar-refractivity contribution is 8.76. The monoisotopic (exact) mass is 311 g/mol. The number of hydrogen-bond donors (Lipinski definition) is 5. The van der Waals surface area contributed by atoms with E-state index in [2.05, 4.69) is 10.6 Å². The molecule has 10 heteroatoms. The van der Waals surface area contributed by atoms with E-state index in [1.54, 1.807) is 0 Å². The van der Waals surface area contributed by atoms with Crippen molar-refractivity contribution in [1.29, 1.82) is 0 Å². The van der Waals surface area contributed by atoms with Gasteiger partial charge in [0, 0.05) is 18.4 Å². The Morgan fingerprint density at radius 2 is 1.74 bits per heavy atom. The van der Waals surface area contributed by atoms with E-state index < -0.39 is 24.0 Å². The van der Waals surface area contributed by atoms with Crippen LogP contribution in [0.3, 0.4) is 0 Å². The van der Waals surface area contributed by atoms with E-state index in [1.807, 2.05) is 0 Å². The minimum atomic E-state index is -1.09. The predicted octanol–water partition coefficient (Wildman–Crippen LogP) is -1.08. The summed E-state index contributed by atoms with van der Waals surface area (Å²) in [5, 5.41) is 22.5. The van der Waals surface area contributed by atoms with Gasteiger partial charge in [-0.3, -0.25) is 19.7 Å². The van der Waals surface area contributed by atoms with Crippen LogP contribution in [0.4, 0.5) is 0 Å². The van der Waals surface area contributed by atoms with Crippen LogP contribution >= 0.6 is 21.6 Å². The van der Waals surface area contributed by atoms with Crippen molar-refractivity contribution in [3.63, 3.8) is 0 Å². The zero-order valence-electron chi connectivity index (χ0n) is 10.3. The number of rotatable bonds is 10. The third-order valence-corrected chi connectivity index (χ3v) is 4.31. The Hall–Kier alpha value is -0.970. The Balaban J connectivity index is 3.86. The number of carboxylic acids is 2. The second-order valence-corrected chi connectivity index (χ2v) is 6.07. The van der Waals surface area contributed by atoms with E-state index in [-0.39, 0.29) is 24.1 Å². The molecule has 0 aliphatic rings. The van der Waals surface area contributed by atoms with Gasteiger partial charge in [0.25, 0.3) is 0 Å². The fraction of sp³-hybridized carbons (Fsp3) is 0.667. The second-order valence-electron chi connectivity index (χ2n) is 3.52. The van der Waals surface area contributed by atoms with Crippen molar-refractivity contribution in [1.82, 2.24) is 10.6 Å². The molecule has 0 aliphatic carbocycles. The van der Waals surface area contributed by atoms with Gasteiger partial charge in [0.05, 0.1) is 6.67 Å². The normalized spacial score (nSPS) is 13.6. The second kappa shape index (κ2) is 9.89. The summed E-state index contributed by atoms with van der Waals surface area (Å²) in [6, 6.07) is -1.79. The molecule has 0 saturated heterocycles. The van der Waals surface area contributed by atoms with E-state index in [1.165, 1.54) is 28.5 Å². The molecule has 0 spiro atoms. The maximum atomic E-state index is 10.9. The summed E-state index contributed by atoms with van der Waals surface area (Å²) in [5.41, 5.74) is 5.29. The molecule has 1 unspecified atom stereocenters. The zero-order valence-corrected chi connectivity index (χ0v) is 11.9. The number of carboxylic acid groups (broad SMARTS) is 2. The van der Waals surface area contributed by atoms with Gasteiger partial charge in [-0.2, -0.15) is 0 Å². The maximum Gasteiger partial charge on any atom is 0.321 e. The van der Waals surface area contributed by atoms with Crippen LogP contribution in [0, 0.1) is 0 Å². The van der Waals surface area contributed by atoms with E-state index in [4.69, 9.17) is 15.9 Å². The first-order valence-electron chi connectivity index (χ1n) is 5.28. The van der Waals surface area contributed by atoms with E-state index in [9.17, 15) is 14.4 Å². The molecule has 8 nitrogen and oxygen atoms in total. The number of aliphatic carboxylic acids is 2. The van der Waals surface area contributed by atoms with Crippen LogP contribution in [0.2, 0.25) is 0 Å². The van der Waals surface area contributed by atoms with Crippen molar-refractivity contribution in [3.05, 3.63) is 0 Å². The Morgan fingerprint density at radius 1 is 1.16 bits per heavy atom. The molecule has 0 fully saturated rings. The van der Waals surface area contributed by atoms with Gasteiger partial charge >= 0.3 is 11.9 Å². The zero-order chi connectivity index (χ0) is 14.8. The third-order valence-electron chi connectivity index (χ3n) is 1.87. The van der Waals surface area contributed by atoms with Crippen molar-refractivity contribution in [2.45, 2.75) is 19.0 Å². The number of nitrogens with two attached hydrogens (primary N) is 1. The van der Waals surface area contributed by atoms with Crippen LogP contribution in [-0.4, -0.2) is 58.3 Å². The maximum absolute atomic E-state index is 10.9. The van der Waals surface area contributed by atoms with Crippen molar-refractivity contribution < 1.29 is 24.6 Å². The molecule has 2 atom stereocenters. The molecular formula is C9H17N3O5S2. The lowest BCUT2D eigenvalue weighted by molar-refractivity contribution is -0.139. The fourth-order valence-corrected chi connectivity index (χ4v) is 3.13. The van der Waals surface area contributed by atoms with Crippen molar-refractivity contribution >= 4 is 39.4 Å². The van der Waals surface area contributed by atoms with Gasteiger partial charge in [-0.15, -0.1) is 0 Å². The lowest BCUT2D eigenvalue weighted by Crippen LogP contribution is -2.44. The third kappa shape index (κ3) is 9.59. The van der Waals surface area contributed by atoms with Gasteiger partial charge in [-0.1, -0.05) is 21.6 Å². The SMILES string of the molecule is CC(=O)NCN[C@@H](CSSCC(N)C(=O)O)C(=O)O. The number of nitrogens with one attached hydrogen (secondary N) is 2. The lowest BCUT2D eigenvalue weighted by atomic mass is 10.3.